The molecule has 1 aliphatic rings. The molecule has 1 aromatic carbocycles. The molecule has 0 amide bonds. The minimum atomic E-state index is -0.668. The summed E-state index contributed by atoms with van der Waals surface area (Å²) in [6.07, 6.45) is 0.716. The molecule has 1 aliphatic heterocycles. The molecule has 1 heterocycles. The molecule has 2 rings (SSSR count). The summed E-state index contributed by atoms with van der Waals surface area (Å²) in [7, 11) is 2.04. The molecular weight excluding hydrogens is 202 g/mol. The van der Waals surface area contributed by atoms with Crippen LogP contribution >= 0.6 is 0 Å². The van der Waals surface area contributed by atoms with Gasteiger partial charge in [-0.2, -0.15) is 0 Å². The third-order valence-corrected chi connectivity index (χ3v) is 3.10. The standard InChI is InChI=1S/C13H19NO2/c1-13(2,16)7-9-8-14(3)12-5-4-10(15)6-11(9)12/h4-6,9,15-16H,7-8H2,1-3H3. The minimum absolute atomic E-state index is 0.298. The molecule has 0 bridgehead atoms. The summed E-state index contributed by atoms with van der Waals surface area (Å²) in [6, 6.07) is 5.46. The van der Waals surface area contributed by atoms with Crippen LogP contribution in [0, 0.1) is 0 Å². The van der Waals surface area contributed by atoms with Crippen LogP contribution in [0.4, 0.5) is 5.69 Å². The van der Waals surface area contributed by atoms with E-state index in [1.54, 1.807) is 6.07 Å². The fourth-order valence-electron chi connectivity index (χ4n) is 2.52. The van der Waals surface area contributed by atoms with E-state index < -0.39 is 5.60 Å². The van der Waals surface area contributed by atoms with Crippen molar-refractivity contribution in [3.8, 4) is 5.75 Å². The maximum atomic E-state index is 9.88. The third kappa shape index (κ3) is 2.14. The van der Waals surface area contributed by atoms with Crippen LogP contribution in [-0.4, -0.2) is 29.4 Å². The highest BCUT2D eigenvalue weighted by atomic mass is 16.3. The lowest BCUT2D eigenvalue weighted by molar-refractivity contribution is 0.0644. The SMILES string of the molecule is CN1CC(CC(C)(C)O)c2cc(O)ccc21. The lowest BCUT2D eigenvalue weighted by Crippen LogP contribution is -2.24. The average molecular weight is 221 g/mol. The van der Waals surface area contributed by atoms with E-state index in [9.17, 15) is 10.2 Å². The Morgan fingerprint density at radius 1 is 1.44 bits per heavy atom. The fraction of sp³-hybridized carbons (Fsp3) is 0.538. The number of hydrogen-bond donors (Lipinski definition) is 2. The van der Waals surface area contributed by atoms with Crippen LogP contribution in [0.5, 0.6) is 5.75 Å². The van der Waals surface area contributed by atoms with Gasteiger partial charge < -0.3 is 15.1 Å². The van der Waals surface area contributed by atoms with Gasteiger partial charge in [0.25, 0.3) is 0 Å². The van der Waals surface area contributed by atoms with Gasteiger partial charge in [0.05, 0.1) is 5.60 Å². The van der Waals surface area contributed by atoms with Crippen molar-refractivity contribution in [2.45, 2.75) is 31.8 Å². The van der Waals surface area contributed by atoms with Crippen LogP contribution < -0.4 is 4.90 Å². The Morgan fingerprint density at radius 2 is 2.12 bits per heavy atom. The first-order chi connectivity index (χ1) is 7.37. The number of phenols is 1. The van der Waals surface area contributed by atoms with Gasteiger partial charge in [-0.05, 0) is 44.0 Å². The summed E-state index contributed by atoms with van der Waals surface area (Å²) < 4.78 is 0. The van der Waals surface area contributed by atoms with Crippen molar-refractivity contribution in [3.63, 3.8) is 0 Å². The van der Waals surface area contributed by atoms with Crippen LogP contribution in [-0.2, 0) is 0 Å². The summed E-state index contributed by atoms with van der Waals surface area (Å²) >= 11 is 0. The van der Waals surface area contributed by atoms with Crippen molar-refractivity contribution in [2.75, 3.05) is 18.5 Å². The van der Waals surface area contributed by atoms with E-state index in [0.29, 0.717) is 18.1 Å². The van der Waals surface area contributed by atoms with Gasteiger partial charge in [0.2, 0.25) is 0 Å². The van der Waals surface area contributed by atoms with Crippen LogP contribution in [0.3, 0.4) is 0 Å². The first-order valence-electron chi connectivity index (χ1n) is 5.63. The first-order valence-corrected chi connectivity index (χ1v) is 5.63. The third-order valence-electron chi connectivity index (χ3n) is 3.10. The Morgan fingerprint density at radius 3 is 2.75 bits per heavy atom. The number of phenolic OH excluding ortho intramolecular Hbond substituents is 1. The lowest BCUT2D eigenvalue weighted by atomic mass is 9.89. The second kappa shape index (κ2) is 3.67. The predicted octanol–water partition coefficient (Wildman–Crippen LogP) is 2.09. The molecule has 0 fully saturated rings. The van der Waals surface area contributed by atoms with Gasteiger partial charge in [-0.15, -0.1) is 0 Å². The molecule has 0 saturated heterocycles. The number of nitrogens with zero attached hydrogens (tertiary/aromatic N) is 1. The molecule has 0 radical (unpaired) electrons. The van der Waals surface area contributed by atoms with E-state index in [2.05, 4.69) is 4.90 Å². The molecule has 0 spiro atoms. The number of likely N-dealkylation sites (N-methyl/N-ethyl adjacent to an activating group) is 1. The summed E-state index contributed by atoms with van der Waals surface area (Å²) in [6.45, 7) is 4.56. The number of hydrogen-bond acceptors (Lipinski definition) is 3. The summed E-state index contributed by atoms with van der Waals surface area (Å²) in [5.41, 5.74) is 1.63. The zero-order valence-electron chi connectivity index (χ0n) is 10.1. The van der Waals surface area contributed by atoms with Gasteiger partial charge >= 0.3 is 0 Å². The van der Waals surface area contributed by atoms with Crippen molar-refractivity contribution in [2.24, 2.45) is 0 Å². The van der Waals surface area contributed by atoms with Gasteiger partial charge in [-0.3, -0.25) is 0 Å². The van der Waals surface area contributed by atoms with E-state index in [0.717, 1.165) is 17.8 Å². The highest BCUT2D eigenvalue weighted by Crippen LogP contribution is 2.40. The summed E-state index contributed by atoms with van der Waals surface area (Å²) in [4.78, 5) is 2.17. The molecule has 3 heteroatoms. The van der Waals surface area contributed by atoms with Crippen LogP contribution in [0.25, 0.3) is 0 Å². The second-order valence-corrected chi connectivity index (χ2v) is 5.34. The number of anilines is 1. The Bertz CT molecular complexity index is 395. The van der Waals surface area contributed by atoms with Crippen molar-refractivity contribution in [1.29, 1.82) is 0 Å². The highest BCUT2D eigenvalue weighted by Gasteiger charge is 2.30. The topological polar surface area (TPSA) is 43.7 Å². The van der Waals surface area contributed by atoms with Gasteiger partial charge in [-0.1, -0.05) is 0 Å². The van der Waals surface area contributed by atoms with Gasteiger partial charge in [0, 0.05) is 25.2 Å². The smallest absolute Gasteiger partial charge is 0.116 e. The average Bonchev–Trinajstić information content (AvgIpc) is 2.40. The summed E-state index contributed by atoms with van der Waals surface area (Å²) in [5.74, 6) is 0.599. The molecule has 0 aliphatic carbocycles. The Balaban J connectivity index is 2.31. The van der Waals surface area contributed by atoms with Gasteiger partial charge in [0.15, 0.2) is 0 Å². The van der Waals surface area contributed by atoms with E-state index in [-0.39, 0.29) is 0 Å². The van der Waals surface area contributed by atoms with Gasteiger partial charge in [-0.25, -0.2) is 0 Å². The zero-order chi connectivity index (χ0) is 11.9. The molecule has 1 aromatic rings. The molecule has 0 aromatic heterocycles. The first kappa shape index (κ1) is 11.3. The number of benzene rings is 1. The molecule has 88 valence electrons. The second-order valence-electron chi connectivity index (χ2n) is 5.34. The van der Waals surface area contributed by atoms with E-state index in [1.165, 1.54) is 0 Å². The van der Waals surface area contributed by atoms with Crippen molar-refractivity contribution in [3.05, 3.63) is 23.8 Å². The summed E-state index contributed by atoms with van der Waals surface area (Å²) in [5, 5.41) is 19.4. The van der Waals surface area contributed by atoms with E-state index in [1.807, 2.05) is 33.0 Å². The van der Waals surface area contributed by atoms with Crippen LogP contribution in [0.2, 0.25) is 0 Å². The molecule has 3 nitrogen and oxygen atoms in total. The maximum absolute atomic E-state index is 9.88. The number of rotatable bonds is 2. The van der Waals surface area contributed by atoms with Crippen molar-refractivity contribution >= 4 is 5.69 Å². The highest BCUT2D eigenvalue weighted by molar-refractivity contribution is 5.61. The Labute approximate surface area is 96.3 Å². The van der Waals surface area contributed by atoms with Crippen molar-refractivity contribution in [1.82, 2.24) is 0 Å². The van der Waals surface area contributed by atoms with Crippen molar-refractivity contribution < 1.29 is 10.2 Å². The monoisotopic (exact) mass is 221 g/mol. The van der Waals surface area contributed by atoms with Crippen LogP contribution in [0.15, 0.2) is 18.2 Å². The number of aliphatic hydroxyl groups is 1. The molecule has 0 saturated carbocycles. The molecular formula is C13H19NO2. The fourth-order valence-corrected chi connectivity index (χ4v) is 2.52. The molecule has 2 N–H and O–H groups in total. The minimum Gasteiger partial charge on any atom is -0.508 e. The normalized spacial score (nSPS) is 20.0. The maximum Gasteiger partial charge on any atom is 0.116 e. The van der Waals surface area contributed by atoms with Gasteiger partial charge in [0.1, 0.15) is 5.75 Å². The predicted molar refractivity (Wildman–Crippen MR) is 65.0 cm³/mol. The number of aromatic hydroxyl groups is 1. The van der Waals surface area contributed by atoms with E-state index >= 15 is 0 Å². The Hall–Kier alpha value is -1.22. The number of fused-ring (bicyclic) bond motifs is 1. The zero-order valence-corrected chi connectivity index (χ0v) is 10.1. The molecule has 16 heavy (non-hydrogen) atoms. The Kier molecular flexibility index (Phi) is 2.58. The largest absolute Gasteiger partial charge is 0.508 e. The lowest BCUT2D eigenvalue weighted by Gasteiger charge is -2.22. The molecule has 1 atom stereocenters. The van der Waals surface area contributed by atoms with Crippen LogP contribution in [0.1, 0.15) is 31.7 Å². The quantitative estimate of drug-likeness (QED) is 0.803. The molecule has 1 unspecified atom stereocenters. The van der Waals surface area contributed by atoms with E-state index in [4.69, 9.17) is 0 Å².